The van der Waals surface area contributed by atoms with Gasteiger partial charge in [-0.15, -0.1) is 0 Å². The summed E-state index contributed by atoms with van der Waals surface area (Å²) in [5.41, 5.74) is 1.71. The van der Waals surface area contributed by atoms with Gasteiger partial charge in [-0.25, -0.2) is 0 Å². The quantitative estimate of drug-likeness (QED) is 0.686. The van der Waals surface area contributed by atoms with Crippen molar-refractivity contribution in [3.8, 4) is 0 Å². The Bertz CT molecular complexity index is 489. The first kappa shape index (κ1) is 20.3. The third-order valence-corrected chi connectivity index (χ3v) is 13.0. The maximum absolute atomic E-state index is 2.53. The Morgan fingerprint density at radius 1 is 0.364 bits per heavy atom. The van der Waals surface area contributed by atoms with Crippen LogP contribution < -0.4 is 25.9 Å². The van der Waals surface area contributed by atoms with Crippen LogP contribution in [0.4, 0.5) is 0 Å². The zero-order chi connectivity index (χ0) is 17.4. The molecule has 1 rings (SSSR count). The molecule has 5 radical (unpaired) electrons. The molecule has 5 heteroatoms. The largest absolute Gasteiger partial charge is 0.0793 e. The summed E-state index contributed by atoms with van der Waals surface area (Å²) >= 11 is 0. The van der Waals surface area contributed by atoms with Crippen molar-refractivity contribution in [3.63, 3.8) is 0 Å². The van der Waals surface area contributed by atoms with Crippen LogP contribution in [-0.2, 0) is 0 Å². The van der Waals surface area contributed by atoms with Crippen molar-refractivity contribution >= 4 is 69.9 Å². The minimum Gasteiger partial charge on any atom is -0.0671 e. The van der Waals surface area contributed by atoms with Gasteiger partial charge in [0.15, 0.2) is 0 Å². The molecule has 1 aromatic rings. The van der Waals surface area contributed by atoms with Crippen molar-refractivity contribution in [1.29, 1.82) is 0 Å². The van der Waals surface area contributed by atoms with Crippen LogP contribution >= 0.6 is 0 Å². The molecule has 121 valence electrons. The van der Waals surface area contributed by atoms with E-state index < -0.39 is 44.0 Å². The van der Waals surface area contributed by atoms with E-state index in [0.29, 0.717) is 0 Å². The van der Waals surface area contributed by atoms with Crippen LogP contribution in [0.2, 0.25) is 65.5 Å². The second-order valence-corrected chi connectivity index (χ2v) is 20.0. The highest BCUT2D eigenvalue weighted by molar-refractivity contribution is 6.95. The lowest BCUT2D eigenvalue weighted by Crippen LogP contribution is -2.69. The Kier molecular flexibility index (Phi) is 7.32. The third-order valence-electron chi connectivity index (χ3n) is 4.25. The smallest absolute Gasteiger partial charge is 0.0671 e. The molecule has 0 heterocycles. The predicted octanol–water partition coefficient (Wildman–Crippen LogP) is 1.80. The summed E-state index contributed by atoms with van der Waals surface area (Å²) in [4.78, 5) is 0. The van der Waals surface area contributed by atoms with E-state index in [1.165, 1.54) is 0 Å². The van der Waals surface area contributed by atoms with Crippen LogP contribution in [0.5, 0.6) is 0 Å². The van der Waals surface area contributed by atoms with Crippen LogP contribution in [0.25, 0.3) is 0 Å². The van der Waals surface area contributed by atoms with Crippen molar-refractivity contribution in [3.05, 3.63) is 5.56 Å². The van der Waals surface area contributed by atoms with Gasteiger partial charge in [0, 0.05) is 0 Å². The first-order valence-electron chi connectivity index (χ1n) is 8.25. The zero-order valence-electron chi connectivity index (χ0n) is 16.5. The molecule has 0 amide bonds. The van der Waals surface area contributed by atoms with Gasteiger partial charge in [-0.3, -0.25) is 0 Å². The molecule has 0 aliphatic heterocycles. The molecule has 0 saturated carbocycles. The Morgan fingerprint density at radius 2 is 0.545 bits per heavy atom. The molecule has 0 spiro atoms. The maximum atomic E-state index is 2.53. The third kappa shape index (κ3) is 3.85. The Morgan fingerprint density at radius 3 is 0.727 bits per heavy atom. The van der Waals surface area contributed by atoms with E-state index in [1.807, 2.05) is 25.9 Å². The molecule has 0 aliphatic rings. The van der Waals surface area contributed by atoms with E-state index in [0.717, 1.165) is 0 Å². The second kappa shape index (κ2) is 7.92. The highest BCUT2D eigenvalue weighted by atomic mass is 28.3. The molecule has 0 aliphatic carbocycles. The monoisotopic (exact) mass is 377 g/mol. The summed E-state index contributed by atoms with van der Waals surface area (Å²) in [5, 5.41) is 9.29. The summed E-state index contributed by atoms with van der Waals surface area (Å²) in [6, 6.07) is 0. The molecule has 0 nitrogen and oxygen atoms in total. The van der Waals surface area contributed by atoms with E-state index in [2.05, 4.69) is 72.4 Å². The number of rotatable bonds is 5. The average Bonchev–Trinajstić information content (AvgIpc) is 2.34. The fourth-order valence-corrected chi connectivity index (χ4v) is 17.0. The van der Waals surface area contributed by atoms with Gasteiger partial charge in [0.25, 0.3) is 0 Å². The molecule has 0 fully saturated rings. The van der Waals surface area contributed by atoms with Gasteiger partial charge in [0.05, 0.1) is 44.0 Å². The first-order valence-corrected chi connectivity index (χ1v) is 20.8. The first-order chi connectivity index (χ1) is 10.0. The lowest BCUT2D eigenvalue weighted by molar-refractivity contribution is 1.56. The highest BCUT2D eigenvalue weighted by Crippen LogP contribution is 2.00. The Hall–Kier alpha value is 0.304. The van der Waals surface area contributed by atoms with Crippen LogP contribution in [0.15, 0.2) is 0 Å². The standard InChI is InChI=1S/C17H33Si5/c1-12-13(18(2)3)15(20(6)7)17(22(10)11)16(21(8)9)14(12)19(4)5/h1-11H3. The zero-order valence-corrected chi connectivity index (χ0v) is 21.5. The fourth-order valence-electron chi connectivity index (χ4n) is 3.62. The van der Waals surface area contributed by atoms with Crippen LogP contribution in [-0.4, -0.2) is 44.0 Å². The van der Waals surface area contributed by atoms with Crippen LogP contribution in [0.1, 0.15) is 5.56 Å². The summed E-state index contributed by atoms with van der Waals surface area (Å²) in [7, 11) is -2.01. The molecule has 0 atom stereocenters. The molecule has 0 aromatic heterocycles. The van der Waals surface area contributed by atoms with Crippen molar-refractivity contribution in [2.45, 2.75) is 72.4 Å². The van der Waals surface area contributed by atoms with Crippen molar-refractivity contribution in [1.82, 2.24) is 0 Å². The summed E-state index contributed by atoms with van der Waals surface area (Å²) in [6.07, 6.45) is 0. The van der Waals surface area contributed by atoms with Crippen molar-refractivity contribution < 1.29 is 0 Å². The number of hydrogen-bond donors (Lipinski definition) is 0. The van der Waals surface area contributed by atoms with E-state index in [9.17, 15) is 0 Å². The molecular formula is C17H33Si5. The highest BCUT2D eigenvalue weighted by Gasteiger charge is 2.29. The molecule has 0 N–H and O–H groups in total. The minimum atomic E-state index is -0.404. The minimum absolute atomic E-state index is 0.399. The molecule has 0 unspecified atom stereocenters. The molecule has 22 heavy (non-hydrogen) atoms. The van der Waals surface area contributed by atoms with E-state index in [4.69, 9.17) is 0 Å². The summed E-state index contributed by atoms with van der Waals surface area (Å²) < 4.78 is 0. The maximum Gasteiger partial charge on any atom is 0.0793 e. The molecule has 0 saturated heterocycles. The molecule has 1 aromatic carbocycles. The Labute approximate surface area is 147 Å². The fraction of sp³-hybridized carbons (Fsp3) is 0.647. The van der Waals surface area contributed by atoms with E-state index in [-0.39, 0.29) is 0 Å². The summed E-state index contributed by atoms with van der Waals surface area (Å²) in [6.45, 7) is 27.6. The predicted molar refractivity (Wildman–Crippen MR) is 117 cm³/mol. The van der Waals surface area contributed by atoms with Gasteiger partial charge in [0.2, 0.25) is 0 Å². The topological polar surface area (TPSA) is 0 Å². The second-order valence-electron chi connectivity index (χ2n) is 7.50. The van der Waals surface area contributed by atoms with Gasteiger partial charge in [0.1, 0.15) is 0 Å². The van der Waals surface area contributed by atoms with Crippen molar-refractivity contribution in [2.24, 2.45) is 0 Å². The average molecular weight is 378 g/mol. The van der Waals surface area contributed by atoms with Gasteiger partial charge in [-0.05, 0) is 6.92 Å². The Balaban J connectivity index is 4.07. The molecular weight excluding hydrogens is 345 g/mol. The SMILES string of the molecule is Cc1c([Si](C)C)c([Si](C)C)c([Si](C)C)c([Si](C)C)c1[Si](C)C. The van der Waals surface area contributed by atoms with Crippen LogP contribution in [0.3, 0.4) is 0 Å². The molecule has 0 bridgehead atoms. The van der Waals surface area contributed by atoms with Gasteiger partial charge in [-0.1, -0.05) is 97.0 Å². The van der Waals surface area contributed by atoms with Crippen LogP contribution in [0, 0.1) is 6.92 Å². The van der Waals surface area contributed by atoms with Gasteiger partial charge in [-0.2, -0.15) is 0 Å². The summed E-state index contributed by atoms with van der Waals surface area (Å²) in [5.74, 6) is 0. The number of hydrogen-bond acceptors (Lipinski definition) is 0. The van der Waals surface area contributed by atoms with E-state index in [1.54, 1.807) is 5.56 Å². The normalized spacial score (nSPS) is 12.5. The lowest BCUT2D eigenvalue weighted by atomic mass is 10.2. The lowest BCUT2D eigenvalue weighted by Gasteiger charge is -2.32. The number of benzene rings is 1. The van der Waals surface area contributed by atoms with Gasteiger partial charge < -0.3 is 0 Å². The van der Waals surface area contributed by atoms with E-state index >= 15 is 0 Å². The van der Waals surface area contributed by atoms with Gasteiger partial charge >= 0.3 is 0 Å². The van der Waals surface area contributed by atoms with Crippen molar-refractivity contribution in [2.75, 3.05) is 0 Å².